The first kappa shape index (κ1) is 20.1. The number of ether oxygens (including phenoxy) is 1. The molecule has 0 aliphatic carbocycles. The maximum atomic E-state index is 13.0. The van der Waals surface area contributed by atoms with Crippen molar-refractivity contribution in [3.8, 4) is 0 Å². The lowest BCUT2D eigenvalue weighted by Crippen LogP contribution is -2.33. The van der Waals surface area contributed by atoms with Crippen molar-refractivity contribution in [2.75, 3.05) is 6.54 Å². The minimum absolute atomic E-state index is 0.254. The van der Waals surface area contributed by atoms with Crippen molar-refractivity contribution in [3.05, 3.63) is 48.4 Å². The number of aromatic nitrogens is 3. The SMILES string of the molecule is CC(C)(C)OC(=O)NCCCn1ncc2nc(Sc3ccc(F)cc3)ccc21. The summed E-state index contributed by atoms with van der Waals surface area (Å²) in [7, 11) is 0. The third kappa shape index (κ3) is 5.69. The van der Waals surface area contributed by atoms with E-state index in [1.807, 2.05) is 37.6 Å². The highest BCUT2D eigenvalue weighted by molar-refractivity contribution is 7.99. The first-order valence-electron chi connectivity index (χ1n) is 9.03. The van der Waals surface area contributed by atoms with Gasteiger partial charge in [-0.25, -0.2) is 14.2 Å². The zero-order valence-corrected chi connectivity index (χ0v) is 16.9. The Morgan fingerprint density at radius 2 is 1.96 bits per heavy atom. The topological polar surface area (TPSA) is 69.0 Å². The van der Waals surface area contributed by atoms with Crippen molar-refractivity contribution in [1.82, 2.24) is 20.1 Å². The van der Waals surface area contributed by atoms with Gasteiger partial charge >= 0.3 is 6.09 Å². The van der Waals surface area contributed by atoms with Gasteiger partial charge in [0.15, 0.2) is 0 Å². The van der Waals surface area contributed by atoms with Crippen LogP contribution in [0.15, 0.2) is 52.5 Å². The summed E-state index contributed by atoms with van der Waals surface area (Å²) in [5.41, 5.74) is 1.23. The predicted octanol–water partition coefficient (Wildman–Crippen LogP) is 4.64. The molecule has 148 valence electrons. The summed E-state index contributed by atoms with van der Waals surface area (Å²) in [6.45, 7) is 6.65. The molecule has 1 aromatic carbocycles. The molecule has 0 spiro atoms. The molecule has 1 amide bonds. The fourth-order valence-electron chi connectivity index (χ4n) is 2.54. The standard InChI is InChI=1S/C20H23FN4O2S/c1-20(2,3)27-19(26)22-11-4-12-25-17-9-10-18(24-16(17)13-23-25)28-15-7-5-14(21)6-8-15/h5-10,13H,4,11-12H2,1-3H3,(H,22,26). The minimum Gasteiger partial charge on any atom is -0.444 e. The van der Waals surface area contributed by atoms with Crippen molar-refractivity contribution in [2.45, 2.75) is 49.3 Å². The van der Waals surface area contributed by atoms with E-state index in [-0.39, 0.29) is 5.82 Å². The van der Waals surface area contributed by atoms with Crippen molar-refractivity contribution in [3.63, 3.8) is 0 Å². The number of alkyl carbamates (subject to hydrolysis) is 1. The molecule has 0 radical (unpaired) electrons. The van der Waals surface area contributed by atoms with Gasteiger partial charge in [-0.3, -0.25) is 4.68 Å². The largest absolute Gasteiger partial charge is 0.444 e. The summed E-state index contributed by atoms with van der Waals surface area (Å²) in [4.78, 5) is 17.2. The van der Waals surface area contributed by atoms with Gasteiger partial charge in [0.05, 0.1) is 11.7 Å². The lowest BCUT2D eigenvalue weighted by atomic mass is 10.2. The Hall–Kier alpha value is -2.61. The van der Waals surface area contributed by atoms with Crippen LogP contribution in [0.25, 0.3) is 11.0 Å². The fraction of sp³-hybridized carbons (Fsp3) is 0.350. The maximum absolute atomic E-state index is 13.0. The van der Waals surface area contributed by atoms with Crippen molar-refractivity contribution < 1.29 is 13.9 Å². The third-order valence-corrected chi connectivity index (χ3v) is 4.67. The molecule has 8 heteroatoms. The zero-order valence-electron chi connectivity index (χ0n) is 16.1. The quantitative estimate of drug-likeness (QED) is 0.609. The molecule has 0 atom stereocenters. The van der Waals surface area contributed by atoms with E-state index in [1.165, 1.54) is 23.9 Å². The number of pyridine rings is 1. The molecule has 2 aromatic heterocycles. The van der Waals surface area contributed by atoms with Gasteiger partial charge in [-0.1, -0.05) is 11.8 Å². The Kier molecular flexibility index (Phi) is 6.18. The van der Waals surface area contributed by atoms with Gasteiger partial charge in [0.2, 0.25) is 0 Å². The highest BCUT2D eigenvalue weighted by atomic mass is 32.2. The Morgan fingerprint density at radius 3 is 2.68 bits per heavy atom. The second kappa shape index (κ2) is 8.60. The van der Waals surface area contributed by atoms with Crippen LogP contribution in [0.2, 0.25) is 0 Å². The number of halogens is 1. The van der Waals surface area contributed by atoms with E-state index < -0.39 is 11.7 Å². The lowest BCUT2D eigenvalue weighted by Gasteiger charge is -2.19. The Bertz CT molecular complexity index is 951. The highest BCUT2D eigenvalue weighted by Crippen LogP contribution is 2.27. The van der Waals surface area contributed by atoms with Gasteiger partial charge in [0, 0.05) is 18.0 Å². The molecule has 2 heterocycles. The highest BCUT2D eigenvalue weighted by Gasteiger charge is 2.15. The zero-order chi connectivity index (χ0) is 20.1. The Balaban J connectivity index is 1.55. The summed E-state index contributed by atoms with van der Waals surface area (Å²) in [5, 5.41) is 7.95. The molecule has 0 unspecified atom stereocenters. The van der Waals surface area contributed by atoms with Crippen molar-refractivity contribution >= 4 is 28.9 Å². The summed E-state index contributed by atoms with van der Waals surface area (Å²) in [6, 6.07) is 10.2. The smallest absolute Gasteiger partial charge is 0.407 e. The van der Waals surface area contributed by atoms with Crippen molar-refractivity contribution in [1.29, 1.82) is 0 Å². The molecule has 0 aliphatic rings. The third-order valence-electron chi connectivity index (χ3n) is 3.73. The minimum atomic E-state index is -0.502. The molecule has 0 bridgehead atoms. The number of hydrogen-bond acceptors (Lipinski definition) is 5. The number of fused-ring (bicyclic) bond motifs is 1. The molecule has 6 nitrogen and oxygen atoms in total. The lowest BCUT2D eigenvalue weighted by molar-refractivity contribution is 0.0526. The Morgan fingerprint density at radius 1 is 1.21 bits per heavy atom. The van der Waals surface area contributed by atoms with Gasteiger partial charge in [0.25, 0.3) is 0 Å². The van der Waals surface area contributed by atoms with E-state index in [0.29, 0.717) is 13.1 Å². The molecule has 0 aliphatic heterocycles. The average Bonchev–Trinajstić information content (AvgIpc) is 3.01. The number of amides is 1. The van der Waals surface area contributed by atoms with E-state index in [2.05, 4.69) is 15.4 Å². The number of aryl methyl sites for hydroxylation is 1. The molecule has 28 heavy (non-hydrogen) atoms. The Labute approximate surface area is 167 Å². The van der Waals surface area contributed by atoms with E-state index in [1.54, 1.807) is 18.3 Å². The van der Waals surface area contributed by atoms with E-state index in [0.717, 1.165) is 27.4 Å². The van der Waals surface area contributed by atoms with Gasteiger partial charge in [-0.05, 0) is 63.6 Å². The molecule has 3 aromatic rings. The number of benzene rings is 1. The number of hydrogen-bond donors (Lipinski definition) is 1. The summed E-state index contributed by atoms with van der Waals surface area (Å²) in [5.74, 6) is -0.254. The molecular formula is C20H23FN4O2S. The molecule has 3 rings (SSSR count). The second-order valence-electron chi connectivity index (χ2n) is 7.26. The van der Waals surface area contributed by atoms with Gasteiger partial charge in [0.1, 0.15) is 22.0 Å². The number of carbonyl (C=O) groups excluding carboxylic acids is 1. The normalized spacial score (nSPS) is 11.6. The monoisotopic (exact) mass is 402 g/mol. The number of rotatable bonds is 6. The number of nitrogens with one attached hydrogen (secondary N) is 1. The van der Waals surface area contributed by atoms with E-state index in [9.17, 15) is 9.18 Å². The van der Waals surface area contributed by atoms with E-state index in [4.69, 9.17) is 4.74 Å². The molecule has 0 saturated heterocycles. The fourth-order valence-corrected chi connectivity index (χ4v) is 3.33. The van der Waals surface area contributed by atoms with E-state index >= 15 is 0 Å². The predicted molar refractivity (Wildman–Crippen MR) is 107 cm³/mol. The summed E-state index contributed by atoms with van der Waals surface area (Å²) >= 11 is 1.47. The van der Waals surface area contributed by atoms with Crippen LogP contribution in [-0.2, 0) is 11.3 Å². The molecular weight excluding hydrogens is 379 g/mol. The van der Waals surface area contributed by atoms with Crippen LogP contribution in [0.3, 0.4) is 0 Å². The maximum Gasteiger partial charge on any atom is 0.407 e. The number of nitrogens with zero attached hydrogens (tertiary/aromatic N) is 3. The van der Waals surface area contributed by atoms with Crippen LogP contribution in [0.5, 0.6) is 0 Å². The molecule has 0 fully saturated rings. The van der Waals surface area contributed by atoms with Crippen LogP contribution in [0.1, 0.15) is 27.2 Å². The molecule has 0 saturated carbocycles. The van der Waals surface area contributed by atoms with Gasteiger partial charge in [-0.15, -0.1) is 0 Å². The second-order valence-corrected chi connectivity index (χ2v) is 8.35. The molecule has 1 N–H and O–H groups in total. The van der Waals surface area contributed by atoms with Crippen LogP contribution in [-0.4, -0.2) is 33.0 Å². The first-order chi connectivity index (χ1) is 13.3. The summed E-state index contributed by atoms with van der Waals surface area (Å²) < 4.78 is 20.1. The first-order valence-corrected chi connectivity index (χ1v) is 9.85. The number of carbonyl (C=O) groups is 1. The van der Waals surface area contributed by atoms with Gasteiger partial charge < -0.3 is 10.1 Å². The average molecular weight is 402 g/mol. The van der Waals surface area contributed by atoms with Crippen molar-refractivity contribution in [2.24, 2.45) is 0 Å². The van der Waals surface area contributed by atoms with Crippen LogP contribution >= 0.6 is 11.8 Å². The van der Waals surface area contributed by atoms with Crippen LogP contribution in [0, 0.1) is 5.82 Å². The summed E-state index contributed by atoms with van der Waals surface area (Å²) in [6.07, 6.45) is 2.04. The van der Waals surface area contributed by atoms with Crippen LogP contribution in [0.4, 0.5) is 9.18 Å². The van der Waals surface area contributed by atoms with Gasteiger partial charge in [-0.2, -0.15) is 5.10 Å². The van der Waals surface area contributed by atoms with Crippen LogP contribution < -0.4 is 5.32 Å².